The van der Waals surface area contributed by atoms with E-state index in [0.717, 1.165) is 24.0 Å². The van der Waals surface area contributed by atoms with Gasteiger partial charge in [-0.05, 0) is 19.1 Å². The highest BCUT2D eigenvalue weighted by molar-refractivity contribution is 7.89. The summed E-state index contributed by atoms with van der Waals surface area (Å²) < 4.78 is 66.4. The number of aromatic nitrogens is 3. The fourth-order valence-corrected chi connectivity index (χ4v) is 4.73. The molecular weight excluding hydrogens is 423 g/mol. The van der Waals surface area contributed by atoms with Crippen molar-refractivity contribution in [2.45, 2.75) is 37.1 Å². The summed E-state index contributed by atoms with van der Waals surface area (Å²) in [5, 5.41) is 4.82. The van der Waals surface area contributed by atoms with Gasteiger partial charge in [0.15, 0.2) is 0 Å². The summed E-state index contributed by atoms with van der Waals surface area (Å²) >= 11 is 0. The summed E-state index contributed by atoms with van der Waals surface area (Å²) in [5.74, 6) is -0.335. The van der Waals surface area contributed by atoms with Gasteiger partial charge in [-0.1, -0.05) is 18.2 Å². The molecule has 1 unspecified atom stereocenters. The van der Waals surface area contributed by atoms with Crippen molar-refractivity contribution < 1.29 is 26.4 Å². The van der Waals surface area contributed by atoms with Crippen LogP contribution < -0.4 is 4.72 Å². The van der Waals surface area contributed by atoms with Crippen LogP contribution in [0, 0.1) is 0 Å². The highest BCUT2D eigenvalue weighted by Crippen LogP contribution is 2.26. The first-order valence-corrected chi connectivity index (χ1v) is 10.6. The molecule has 0 bridgehead atoms. The number of sulfonamides is 1. The maximum absolute atomic E-state index is 12.9. The Hall–Kier alpha value is -2.86. The van der Waals surface area contributed by atoms with E-state index >= 15 is 0 Å². The number of hydrogen-bond acceptors (Lipinski definition) is 4. The molecule has 1 aromatic carbocycles. The molecule has 0 saturated heterocycles. The minimum absolute atomic E-state index is 0.0924. The molecule has 1 aliphatic heterocycles. The van der Waals surface area contributed by atoms with Crippen LogP contribution in [0.15, 0.2) is 41.4 Å². The van der Waals surface area contributed by atoms with Crippen LogP contribution >= 0.6 is 0 Å². The molecule has 0 saturated carbocycles. The van der Waals surface area contributed by atoms with Gasteiger partial charge < -0.3 is 9.88 Å². The van der Waals surface area contributed by atoms with E-state index in [1.54, 1.807) is 10.8 Å². The number of nitrogens with zero attached hydrogens (tertiary/aromatic N) is 3. The first kappa shape index (κ1) is 20.4. The average Bonchev–Trinajstić information content (AvgIpc) is 3.30. The first-order valence-electron chi connectivity index (χ1n) is 9.07. The second kappa shape index (κ2) is 7.13. The lowest BCUT2D eigenvalue weighted by molar-refractivity contribution is -0.147. The van der Waals surface area contributed by atoms with E-state index in [1.165, 1.54) is 9.58 Å². The minimum atomic E-state index is -4.72. The number of carbonyl (C=O) groups is 1. The van der Waals surface area contributed by atoms with Crippen molar-refractivity contribution >= 4 is 26.8 Å². The number of nitrogens with one attached hydrogen (secondary N) is 2. The molecule has 30 heavy (non-hydrogen) atoms. The summed E-state index contributed by atoms with van der Waals surface area (Å²) in [6.07, 6.45) is -3.71. The molecule has 0 fully saturated rings. The number of hydrogen-bond donors (Lipinski definition) is 2. The molecule has 1 aliphatic rings. The molecule has 2 N–H and O–H groups in total. The van der Waals surface area contributed by atoms with Crippen LogP contribution in [0.4, 0.5) is 13.2 Å². The fourth-order valence-electron chi connectivity index (χ4n) is 3.34. The summed E-state index contributed by atoms with van der Waals surface area (Å²) in [4.78, 5) is 17.0. The summed E-state index contributed by atoms with van der Waals surface area (Å²) in [5.41, 5.74) is 1.29. The second-order valence-corrected chi connectivity index (χ2v) is 8.74. The van der Waals surface area contributed by atoms with Crippen LogP contribution in [-0.2, 0) is 23.1 Å². The van der Waals surface area contributed by atoms with Gasteiger partial charge in [0.05, 0.1) is 25.0 Å². The van der Waals surface area contributed by atoms with Crippen molar-refractivity contribution in [3.05, 3.63) is 47.9 Å². The predicted octanol–water partition coefficient (Wildman–Crippen LogP) is 2.25. The lowest BCUT2D eigenvalue weighted by Gasteiger charge is -2.28. The third-order valence-electron chi connectivity index (χ3n) is 4.99. The first-order chi connectivity index (χ1) is 14.1. The largest absolute Gasteiger partial charge is 0.404 e. The molecule has 3 aromatic rings. The van der Waals surface area contributed by atoms with Gasteiger partial charge in [0.2, 0.25) is 10.0 Å². The van der Waals surface area contributed by atoms with Crippen molar-refractivity contribution in [3.63, 3.8) is 0 Å². The SMILES string of the molecule is CC(NS(=O)(=O)c1cnn2c1CN(C(=O)c1cc3ccccc3[nH]1)CC2)C(F)(F)F. The van der Waals surface area contributed by atoms with Crippen molar-refractivity contribution in [2.75, 3.05) is 6.54 Å². The lowest BCUT2D eigenvalue weighted by atomic mass is 10.2. The van der Waals surface area contributed by atoms with E-state index in [9.17, 15) is 26.4 Å². The van der Waals surface area contributed by atoms with Crippen LogP contribution in [0.3, 0.4) is 0 Å². The maximum atomic E-state index is 12.9. The van der Waals surface area contributed by atoms with Crippen LogP contribution in [0.1, 0.15) is 23.1 Å². The number of halogens is 3. The molecule has 8 nitrogen and oxygen atoms in total. The Kier molecular flexibility index (Phi) is 4.85. The zero-order valence-corrected chi connectivity index (χ0v) is 16.6. The number of para-hydroxylation sites is 1. The Labute approximate surface area is 169 Å². The van der Waals surface area contributed by atoms with Crippen molar-refractivity contribution in [1.29, 1.82) is 0 Å². The summed E-state index contributed by atoms with van der Waals surface area (Å²) in [6, 6.07) is 6.80. The van der Waals surface area contributed by atoms with Crippen LogP contribution in [-0.4, -0.2) is 52.8 Å². The minimum Gasteiger partial charge on any atom is -0.351 e. The van der Waals surface area contributed by atoms with Gasteiger partial charge >= 0.3 is 6.18 Å². The highest BCUT2D eigenvalue weighted by Gasteiger charge is 2.40. The number of aromatic amines is 1. The van der Waals surface area contributed by atoms with E-state index in [4.69, 9.17) is 0 Å². The molecule has 12 heteroatoms. The van der Waals surface area contributed by atoms with Crippen LogP contribution in [0.25, 0.3) is 10.9 Å². The number of carbonyl (C=O) groups excluding carboxylic acids is 1. The maximum Gasteiger partial charge on any atom is 0.404 e. The van der Waals surface area contributed by atoms with Crippen LogP contribution in [0.5, 0.6) is 0 Å². The Morgan fingerprint density at radius 1 is 1.27 bits per heavy atom. The third kappa shape index (κ3) is 3.67. The molecule has 160 valence electrons. The number of amides is 1. The predicted molar refractivity (Wildman–Crippen MR) is 101 cm³/mol. The Bertz CT molecular complexity index is 1180. The molecule has 1 atom stereocenters. The average molecular weight is 441 g/mol. The van der Waals surface area contributed by atoms with Crippen LogP contribution in [0.2, 0.25) is 0 Å². The number of alkyl halides is 3. The summed E-state index contributed by atoms with van der Waals surface area (Å²) in [6.45, 7) is 1.14. The highest BCUT2D eigenvalue weighted by atomic mass is 32.2. The Morgan fingerprint density at radius 3 is 2.70 bits per heavy atom. The van der Waals surface area contributed by atoms with E-state index in [1.807, 2.05) is 24.3 Å². The van der Waals surface area contributed by atoms with Gasteiger partial charge in [0.25, 0.3) is 5.91 Å². The van der Waals surface area contributed by atoms with Gasteiger partial charge in [-0.2, -0.15) is 23.0 Å². The van der Waals surface area contributed by atoms with Gasteiger partial charge in [0, 0.05) is 17.4 Å². The van der Waals surface area contributed by atoms with Gasteiger partial charge in [0.1, 0.15) is 16.6 Å². The lowest BCUT2D eigenvalue weighted by Crippen LogP contribution is -2.44. The monoisotopic (exact) mass is 441 g/mol. The van der Waals surface area contributed by atoms with E-state index in [0.29, 0.717) is 5.69 Å². The molecule has 0 aliphatic carbocycles. The summed E-state index contributed by atoms with van der Waals surface area (Å²) in [7, 11) is -4.47. The van der Waals surface area contributed by atoms with E-state index in [-0.39, 0.29) is 36.1 Å². The number of H-pyrrole nitrogens is 1. The van der Waals surface area contributed by atoms with E-state index in [2.05, 4.69) is 10.1 Å². The Balaban J connectivity index is 1.59. The Morgan fingerprint density at radius 2 is 2.00 bits per heavy atom. The number of benzene rings is 1. The smallest absolute Gasteiger partial charge is 0.351 e. The van der Waals surface area contributed by atoms with E-state index < -0.39 is 22.2 Å². The third-order valence-corrected chi connectivity index (χ3v) is 6.58. The molecular formula is C18H18F3N5O3S. The fraction of sp³-hybridized carbons (Fsp3) is 0.333. The number of rotatable bonds is 4. The molecule has 0 spiro atoms. The number of fused-ring (bicyclic) bond motifs is 2. The quantitative estimate of drug-likeness (QED) is 0.649. The topological polar surface area (TPSA) is 100 Å². The molecule has 1 amide bonds. The molecule has 3 heterocycles. The molecule has 2 aromatic heterocycles. The van der Waals surface area contributed by atoms with Crippen molar-refractivity contribution in [3.8, 4) is 0 Å². The zero-order valence-electron chi connectivity index (χ0n) is 15.8. The van der Waals surface area contributed by atoms with Crippen molar-refractivity contribution in [2.24, 2.45) is 0 Å². The van der Waals surface area contributed by atoms with Gasteiger partial charge in [-0.15, -0.1) is 0 Å². The van der Waals surface area contributed by atoms with Gasteiger partial charge in [-0.25, -0.2) is 8.42 Å². The molecule has 0 radical (unpaired) electrons. The standard InChI is InChI=1S/C18H18F3N5O3S/c1-11(18(19,20)21)24-30(28,29)16-9-22-26-7-6-25(10-15(16)26)17(27)14-8-12-4-2-3-5-13(12)23-14/h2-5,8-9,11,23-24H,6-7,10H2,1H3. The van der Waals surface area contributed by atoms with Crippen molar-refractivity contribution in [1.82, 2.24) is 24.4 Å². The van der Waals surface area contributed by atoms with Gasteiger partial charge in [-0.3, -0.25) is 9.48 Å². The zero-order chi connectivity index (χ0) is 21.7. The normalized spacial score (nSPS) is 15.9. The second-order valence-electron chi connectivity index (χ2n) is 7.06. The molecule has 4 rings (SSSR count).